The van der Waals surface area contributed by atoms with Crippen molar-refractivity contribution in [2.24, 2.45) is 0 Å². The van der Waals surface area contributed by atoms with E-state index in [1.807, 2.05) is 34.5 Å². The second-order valence-electron chi connectivity index (χ2n) is 7.09. The van der Waals surface area contributed by atoms with Crippen LogP contribution in [0.5, 0.6) is 0 Å². The smallest absolute Gasteiger partial charge is 0.429 e. The minimum atomic E-state index is -0.445. The van der Waals surface area contributed by atoms with Gasteiger partial charge in [-0.3, -0.25) is 9.91 Å². The number of hydrazine groups is 1. The van der Waals surface area contributed by atoms with Crippen LogP contribution in [-0.2, 0) is 11.2 Å². The van der Waals surface area contributed by atoms with Crippen LogP contribution in [0.2, 0.25) is 10.0 Å². The fraction of sp³-hybridized carbons (Fsp3) is 0.238. The van der Waals surface area contributed by atoms with E-state index in [0.29, 0.717) is 39.6 Å². The van der Waals surface area contributed by atoms with Crippen LogP contribution in [0.4, 0.5) is 14.9 Å². The number of amides is 1. The molecule has 4 rings (SSSR count). The number of ether oxygens (including phenoxy) is 1. The Morgan fingerprint density at radius 3 is 2.77 bits per heavy atom. The number of hydrogen-bond donors (Lipinski definition) is 0. The van der Waals surface area contributed by atoms with Crippen molar-refractivity contribution in [2.45, 2.75) is 6.42 Å². The molecule has 0 bridgehead atoms. The highest BCUT2D eigenvalue weighted by Crippen LogP contribution is 2.36. The lowest BCUT2D eigenvalue weighted by atomic mass is 10.1. The number of aromatic nitrogens is 1. The summed E-state index contributed by atoms with van der Waals surface area (Å²) in [6, 6.07) is 10.1. The van der Waals surface area contributed by atoms with Crippen molar-refractivity contribution >= 4 is 46.3 Å². The van der Waals surface area contributed by atoms with Crippen molar-refractivity contribution in [3.05, 3.63) is 68.9 Å². The monoisotopic (exact) mass is 480 g/mol. The molecule has 162 valence electrons. The Hall–Kier alpha value is -2.39. The van der Waals surface area contributed by atoms with Gasteiger partial charge in [0.2, 0.25) is 0 Å². The Morgan fingerprint density at radius 2 is 2.03 bits per heavy atom. The zero-order chi connectivity index (χ0) is 22.1. The van der Waals surface area contributed by atoms with Gasteiger partial charge in [0.25, 0.3) is 0 Å². The maximum absolute atomic E-state index is 14.1. The van der Waals surface area contributed by atoms with Crippen LogP contribution >= 0.6 is 34.5 Å². The number of rotatable bonds is 4. The molecule has 0 aliphatic carbocycles. The highest BCUT2D eigenvalue weighted by molar-refractivity contribution is 7.13. The van der Waals surface area contributed by atoms with Gasteiger partial charge in [0.15, 0.2) is 0 Å². The number of methoxy groups -OCH3 is 1. The molecule has 31 heavy (non-hydrogen) atoms. The van der Waals surface area contributed by atoms with Gasteiger partial charge in [-0.15, -0.1) is 11.3 Å². The zero-order valence-corrected chi connectivity index (χ0v) is 19.1. The number of nitrogens with zero attached hydrogens (tertiary/aromatic N) is 4. The van der Waals surface area contributed by atoms with Crippen LogP contribution in [0.15, 0.2) is 41.8 Å². The van der Waals surface area contributed by atoms with E-state index in [1.165, 1.54) is 29.5 Å². The van der Waals surface area contributed by atoms with Crippen LogP contribution in [0.3, 0.4) is 0 Å². The molecule has 0 atom stereocenters. The Kier molecular flexibility index (Phi) is 6.34. The summed E-state index contributed by atoms with van der Waals surface area (Å²) in [7, 11) is 3.26. The van der Waals surface area contributed by atoms with Crippen LogP contribution in [0.25, 0.3) is 10.6 Å². The second-order valence-corrected chi connectivity index (χ2v) is 8.77. The molecule has 0 unspecified atom stereocenters. The first-order valence-corrected chi connectivity index (χ1v) is 11.0. The van der Waals surface area contributed by atoms with E-state index in [0.717, 1.165) is 11.3 Å². The van der Waals surface area contributed by atoms with E-state index in [1.54, 1.807) is 18.2 Å². The maximum atomic E-state index is 14.1. The van der Waals surface area contributed by atoms with E-state index in [9.17, 15) is 9.18 Å². The summed E-state index contributed by atoms with van der Waals surface area (Å²) in [6.45, 7) is 0.931. The van der Waals surface area contributed by atoms with E-state index in [4.69, 9.17) is 27.9 Å². The third-order valence-corrected chi connectivity index (χ3v) is 6.49. The molecule has 0 spiro atoms. The first kappa shape index (κ1) is 21.8. The number of anilines is 1. The average Bonchev–Trinajstić information content (AvgIpc) is 3.37. The quantitative estimate of drug-likeness (QED) is 0.493. The summed E-state index contributed by atoms with van der Waals surface area (Å²) in [5.74, 6) is -0.358. The molecule has 1 aliphatic heterocycles. The molecule has 1 saturated heterocycles. The summed E-state index contributed by atoms with van der Waals surface area (Å²) >= 11 is 14.0. The Labute approximate surface area is 193 Å². The van der Waals surface area contributed by atoms with E-state index in [-0.39, 0.29) is 12.2 Å². The van der Waals surface area contributed by atoms with Gasteiger partial charge in [-0.1, -0.05) is 29.3 Å². The molecule has 0 saturated carbocycles. The fourth-order valence-electron chi connectivity index (χ4n) is 3.37. The number of hydrogen-bond acceptors (Lipinski definition) is 6. The molecule has 1 aromatic heterocycles. The van der Waals surface area contributed by atoms with Gasteiger partial charge in [0.1, 0.15) is 10.8 Å². The van der Waals surface area contributed by atoms with Crippen molar-refractivity contribution in [2.75, 3.05) is 32.5 Å². The summed E-state index contributed by atoms with van der Waals surface area (Å²) in [4.78, 5) is 18.8. The van der Waals surface area contributed by atoms with Gasteiger partial charge in [-0.2, -0.15) is 0 Å². The summed E-state index contributed by atoms with van der Waals surface area (Å²) in [6.07, 6.45) is -0.161. The standard InChI is InChI=1S/C21H19Cl2FN4O2S/c1-26-11-27(28(12-26)21(29)30-2)14-6-7-18(23)16(9-14)20-25-13(10-31-20)8-15-17(22)4-3-5-19(15)24/h3-7,9-10H,8,11-12H2,1-2H3. The Balaban J connectivity index is 1.63. The Bertz CT molecular complexity index is 1110. The Morgan fingerprint density at radius 1 is 1.23 bits per heavy atom. The molecule has 2 heterocycles. The summed E-state index contributed by atoms with van der Waals surface area (Å²) in [5, 5.41) is 6.80. The van der Waals surface area contributed by atoms with Gasteiger partial charge in [0.05, 0.1) is 36.9 Å². The van der Waals surface area contributed by atoms with Gasteiger partial charge in [0, 0.05) is 28.0 Å². The van der Waals surface area contributed by atoms with Crippen molar-refractivity contribution in [1.29, 1.82) is 0 Å². The first-order chi connectivity index (χ1) is 14.9. The zero-order valence-electron chi connectivity index (χ0n) is 16.8. The third kappa shape index (κ3) is 4.48. The molecule has 10 heteroatoms. The van der Waals surface area contributed by atoms with Gasteiger partial charge in [-0.05, 0) is 37.4 Å². The normalized spacial score (nSPS) is 14.4. The molecule has 1 fully saturated rings. The molecule has 6 nitrogen and oxygen atoms in total. The van der Waals surface area contributed by atoms with Crippen molar-refractivity contribution in [3.63, 3.8) is 0 Å². The third-order valence-electron chi connectivity index (χ3n) is 4.88. The van der Waals surface area contributed by atoms with Gasteiger partial charge < -0.3 is 4.74 Å². The lowest BCUT2D eigenvalue weighted by molar-refractivity contribution is 0.123. The second kappa shape index (κ2) is 9.00. The van der Waals surface area contributed by atoms with Crippen molar-refractivity contribution in [1.82, 2.24) is 14.9 Å². The number of benzene rings is 2. The van der Waals surface area contributed by atoms with Gasteiger partial charge in [-0.25, -0.2) is 19.2 Å². The predicted octanol–water partition coefficient (Wildman–Crippen LogP) is 5.50. The molecule has 0 N–H and O–H groups in total. The molecule has 0 radical (unpaired) electrons. The first-order valence-electron chi connectivity index (χ1n) is 9.36. The average molecular weight is 481 g/mol. The molecular formula is C21H19Cl2FN4O2S. The molecule has 1 aliphatic rings. The highest BCUT2D eigenvalue weighted by atomic mass is 35.5. The minimum absolute atomic E-state index is 0.284. The highest BCUT2D eigenvalue weighted by Gasteiger charge is 2.31. The lowest BCUT2D eigenvalue weighted by Crippen LogP contribution is -2.41. The van der Waals surface area contributed by atoms with Crippen LogP contribution in [0, 0.1) is 5.82 Å². The SMILES string of the molecule is COC(=O)N1CN(C)CN1c1ccc(Cl)c(-c2nc(Cc3c(F)cccc3Cl)cs2)c1. The van der Waals surface area contributed by atoms with Crippen molar-refractivity contribution in [3.8, 4) is 10.6 Å². The molecule has 2 aromatic carbocycles. The topological polar surface area (TPSA) is 48.9 Å². The van der Waals surface area contributed by atoms with E-state index in [2.05, 4.69) is 4.98 Å². The van der Waals surface area contributed by atoms with Crippen molar-refractivity contribution < 1.29 is 13.9 Å². The fourth-order valence-corrected chi connectivity index (χ4v) is 4.71. The predicted molar refractivity (Wildman–Crippen MR) is 121 cm³/mol. The van der Waals surface area contributed by atoms with Crippen LogP contribution in [-0.4, -0.2) is 48.5 Å². The van der Waals surface area contributed by atoms with Crippen LogP contribution < -0.4 is 5.01 Å². The van der Waals surface area contributed by atoms with Gasteiger partial charge >= 0.3 is 6.09 Å². The summed E-state index contributed by atoms with van der Waals surface area (Å²) < 4.78 is 19.0. The largest absolute Gasteiger partial charge is 0.451 e. The van der Waals surface area contributed by atoms with E-state index < -0.39 is 6.09 Å². The number of thiazole rings is 1. The maximum Gasteiger partial charge on any atom is 0.429 e. The van der Waals surface area contributed by atoms with E-state index >= 15 is 0 Å². The molecule has 3 aromatic rings. The summed E-state index contributed by atoms with van der Waals surface area (Å²) in [5.41, 5.74) is 2.62. The van der Waals surface area contributed by atoms with Crippen LogP contribution in [0.1, 0.15) is 11.3 Å². The molecule has 1 amide bonds. The minimum Gasteiger partial charge on any atom is -0.451 e. The number of carbonyl (C=O) groups excluding carboxylic acids is 1. The number of halogens is 3. The molecular weight excluding hydrogens is 462 g/mol. The lowest BCUT2D eigenvalue weighted by Gasteiger charge is -2.27. The number of carbonyl (C=O) groups is 1.